The molecular formula is C20H20F3N2O+. The molecule has 0 fully saturated rings. The molecule has 1 unspecified atom stereocenters. The summed E-state index contributed by atoms with van der Waals surface area (Å²) in [4.78, 5) is 16.9. The van der Waals surface area contributed by atoms with Gasteiger partial charge in [0.15, 0.2) is 5.43 Å². The molecule has 2 N–H and O–H groups in total. The van der Waals surface area contributed by atoms with Gasteiger partial charge >= 0.3 is 6.18 Å². The smallest absolute Gasteiger partial charge is 0.358 e. The largest absolute Gasteiger partial charge is 0.416 e. The Hall–Kier alpha value is -2.60. The summed E-state index contributed by atoms with van der Waals surface area (Å²) in [5, 5.41) is 0.283. The first-order valence-corrected chi connectivity index (χ1v) is 8.33. The van der Waals surface area contributed by atoms with E-state index in [1.54, 1.807) is 6.92 Å². The molecule has 0 aliphatic rings. The summed E-state index contributed by atoms with van der Waals surface area (Å²) in [5.41, 5.74) is 1.61. The van der Waals surface area contributed by atoms with E-state index < -0.39 is 11.7 Å². The second-order valence-electron chi connectivity index (χ2n) is 6.61. The van der Waals surface area contributed by atoms with Gasteiger partial charge in [0.05, 0.1) is 23.7 Å². The SMILES string of the molecule is Cc1[nH]c2cc(C(F)(F)F)ccc2c(=O)c1C[NH+](C)Cc1ccccc1. The summed E-state index contributed by atoms with van der Waals surface area (Å²) >= 11 is 0. The lowest BCUT2D eigenvalue weighted by molar-refractivity contribution is -0.907. The molecule has 0 aliphatic carbocycles. The van der Waals surface area contributed by atoms with Crippen LogP contribution in [-0.2, 0) is 19.3 Å². The Morgan fingerprint density at radius 3 is 2.38 bits per heavy atom. The van der Waals surface area contributed by atoms with Gasteiger partial charge in [0, 0.05) is 16.6 Å². The predicted molar refractivity (Wildman–Crippen MR) is 95.0 cm³/mol. The van der Waals surface area contributed by atoms with Crippen molar-refractivity contribution in [1.82, 2.24) is 4.98 Å². The molecule has 0 spiro atoms. The summed E-state index contributed by atoms with van der Waals surface area (Å²) < 4.78 is 38.6. The number of aromatic nitrogens is 1. The minimum absolute atomic E-state index is 0.211. The summed E-state index contributed by atoms with van der Waals surface area (Å²) in [6, 6.07) is 13.1. The number of fused-ring (bicyclic) bond motifs is 1. The van der Waals surface area contributed by atoms with Gasteiger partial charge in [0.2, 0.25) is 0 Å². The highest BCUT2D eigenvalue weighted by Gasteiger charge is 2.30. The summed E-state index contributed by atoms with van der Waals surface area (Å²) in [6.45, 7) is 2.98. The number of H-pyrrole nitrogens is 1. The fourth-order valence-corrected chi connectivity index (χ4v) is 3.15. The van der Waals surface area contributed by atoms with Crippen molar-refractivity contribution in [3.05, 3.63) is 81.1 Å². The number of benzene rings is 2. The molecule has 3 nitrogen and oxygen atoms in total. The van der Waals surface area contributed by atoms with Gasteiger partial charge in [-0.15, -0.1) is 0 Å². The maximum atomic E-state index is 12.9. The molecule has 0 saturated heterocycles. The number of pyridine rings is 1. The normalized spacial score (nSPS) is 13.1. The van der Waals surface area contributed by atoms with Crippen LogP contribution < -0.4 is 10.3 Å². The zero-order valence-corrected chi connectivity index (χ0v) is 14.6. The first kappa shape index (κ1) is 18.2. The number of nitrogens with one attached hydrogen (secondary N) is 2. The van der Waals surface area contributed by atoms with Gasteiger partial charge in [-0.2, -0.15) is 13.2 Å². The minimum Gasteiger partial charge on any atom is -0.358 e. The minimum atomic E-state index is -4.43. The van der Waals surface area contributed by atoms with Crippen molar-refractivity contribution in [2.45, 2.75) is 26.2 Å². The average molecular weight is 361 g/mol. The number of quaternary nitrogens is 1. The van der Waals surface area contributed by atoms with Crippen molar-refractivity contribution < 1.29 is 18.1 Å². The Morgan fingerprint density at radius 2 is 1.73 bits per heavy atom. The molecule has 0 amide bonds. The number of aromatic amines is 1. The summed E-state index contributed by atoms with van der Waals surface area (Å²) in [6.07, 6.45) is -4.43. The highest BCUT2D eigenvalue weighted by molar-refractivity contribution is 5.80. The molecule has 0 bridgehead atoms. The van der Waals surface area contributed by atoms with E-state index in [4.69, 9.17) is 0 Å². The molecule has 0 radical (unpaired) electrons. The lowest BCUT2D eigenvalue weighted by Gasteiger charge is -2.16. The molecule has 1 heterocycles. The van der Waals surface area contributed by atoms with Crippen LogP contribution in [0.25, 0.3) is 10.9 Å². The highest BCUT2D eigenvalue weighted by atomic mass is 19.4. The van der Waals surface area contributed by atoms with Crippen molar-refractivity contribution in [3.8, 4) is 0 Å². The fraction of sp³-hybridized carbons (Fsp3) is 0.250. The molecule has 136 valence electrons. The van der Waals surface area contributed by atoms with Crippen molar-refractivity contribution in [1.29, 1.82) is 0 Å². The van der Waals surface area contributed by atoms with E-state index in [2.05, 4.69) is 4.98 Å². The van der Waals surface area contributed by atoms with Crippen molar-refractivity contribution in [3.63, 3.8) is 0 Å². The number of alkyl halides is 3. The molecule has 0 aliphatic heterocycles. The van der Waals surface area contributed by atoms with Gasteiger partial charge in [0.1, 0.15) is 13.1 Å². The molecule has 26 heavy (non-hydrogen) atoms. The molecule has 1 atom stereocenters. The van der Waals surface area contributed by atoms with Gasteiger partial charge in [-0.3, -0.25) is 4.79 Å². The quantitative estimate of drug-likeness (QED) is 0.736. The second-order valence-corrected chi connectivity index (χ2v) is 6.61. The first-order chi connectivity index (χ1) is 12.3. The predicted octanol–water partition coefficient (Wildman–Crippen LogP) is 3.07. The second kappa shape index (κ2) is 6.96. The lowest BCUT2D eigenvalue weighted by Crippen LogP contribution is -3.06. The zero-order chi connectivity index (χ0) is 18.9. The number of halogens is 3. The lowest BCUT2D eigenvalue weighted by atomic mass is 10.1. The van der Waals surface area contributed by atoms with Gasteiger partial charge < -0.3 is 9.88 Å². The monoisotopic (exact) mass is 361 g/mol. The third-order valence-electron chi connectivity index (χ3n) is 4.47. The molecule has 3 aromatic rings. The van der Waals surface area contributed by atoms with Crippen LogP contribution in [-0.4, -0.2) is 12.0 Å². The van der Waals surface area contributed by atoms with E-state index in [1.165, 1.54) is 6.07 Å². The van der Waals surface area contributed by atoms with Gasteiger partial charge in [-0.25, -0.2) is 0 Å². The van der Waals surface area contributed by atoms with E-state index >= 15 is 0 Å². The molecule has 6 heteroatoms. The number of hydrogen-bond donors (Lipinski definition) is 2. The molecule has 0 saturated carbocycles. The van der Waals surface area contributed by atoms with E-state index in [9.17, 15) is 18.0 Å². The van der Waals surface area contributed by atoms with Gasteiger partial charge in [0.25, 0.3) is 0 Å². The van der Waals surface area contributed by atoms with Crippen LogP contribution in [0.3, 0.4) is 0 Å². The maximum Gasteiger partial charge on any atom is 0.416 e. The van der Waals surface area contributed by atoms with Crippen LogP contribution in [0.2, 0.25) is 0 Å². The highest BCUT2D eigenvalue weighted by Crippen LogP contribution is 2.30. The molecular weight excluding hydrogens is 341 g/mol. The van der Waals surface area contributed by atoms with Gasteiger partial charge in [-0.05, 0) is 25.1 Å². The van der Waals surface area contributed by atoms with Crippen LogP contribution in [0, 0.1) is 6.92 Å². The van der Waals surface area contributed by atoms with Crippen molar-refractivity contribution >= 4 is 10.9 Å². The number of aryl methyl sites for hydroxylation is 1. The first-order valence-electron chi connectivity index (χ1n) is 8.33. The Labute approximate surface area is 149 Å². The Kier molecular flexibility index (Phi) is 4.87. The van der Waals surface area contributed by atoms with Crippen LogP contribution in [0.5, 0.6) is 0 Å². The van der Waals surface area contributed by atoms with Crippen LogP contribution >= 0.6 is 0 Å². The fourth-order valence-electron chi connectivity index (χ4n) is 3.15. The van der Waals surface area contributed by atoms with E-state index in [1.807, 2.05) is 37.4 Å². The topological polar surface area (TPSA) is 37.3 Å². The van der Waals surface area contributed by atoms with E-state index in [-0.39, 0.29) is 16.3 Å². The van der Waals surface area contributed by atoms with Gasteiger partial charge in [-0.1, -0.05) is 30.3 Å². The van der Waals surface area contributed by atoms with Crippen molar-refractivity contribution in [2.24, 2.45) is 0 Å². The van der Waals surface area contributed by atoms with E-state index in [0.29, 0.717) is 17.8 Å². The van der Waals surface area contributed by atoms with E-state index in [0.717, 1.165) is 29.1 Å². The number of rotatable bonds is 4. The average Bonchev–Trinajstić information content (AvgIpc) is 2.58. The molecule has 3 rings (SSSR count). The summed E-state index contributed by atoms with van der Waals surface area (Å²) in [5.74, 6) is 0. The Morgan fingerprint density at radius 1 is 1.04 bits per heavy atom. The standard InChI is InChI=1S/C20H19F3N2O/c1-13-17(12-25(2)11-14-6-4-3-5-7-14)19(26)16-9-8-15(20(21,22)23)10-18(16)24-13/h3-10H,11-12H2,1-2H3,(H,24,26)/p+1. The van der Waals surface area contributed by atoms with Crippen LogP contribution in [0.15, 0.2) is 53.3 Å². The third kappa shape index (κ3) is 3.80. The Bertz CT molecular complexity index is 978. The van der Waals surface area contributed by atoms with Crippen LogP contribution in [0.4, 0.5) is 13.2 Å². The summed E-state index contributed by atoms with van der Waals surface area (Å²) in [7, 11) is 1.99. The maximum absolute atomic E-state index is 12.9. The molecule has 1 aromatic heterocycles. The Balaban J connectivity index is 1.93. The van der Waals surface area contributed by atoms with Crippen LogP contribution in [0.1, 0.15) is 22.4 Å². The molecule has 2 aromatic carbocycles. The number of hydrogen-bond acceptors (Lipinski definition) is 1. The zero-order valence-electron chi connectivity index (χ0n) is 14.6. The van der Waals surface area contributed by atoms with Crippen molar-refractivity contribution in [2.75, 3.05) is 7.05 Å². The third-order valence-corrected chi connectivity index (χ3v) is 4.47.